The predicted molar refractivity (Wildman–Crippen MR) is 132 cm³/mol. The molecule has 3 nitrogen and oxygen atoms in total. The second-order valence-corrected chi connectivity index (χ2v) is 9.40. The van der Waals surface area contributed by atoms with Crippen molar-refractivity contribution < 1.29 is 4.74 Å². The highest BCUT2D eigenvalue weighted by Gasteiger charge is 2.42. The number of anilines is 1. The molecule has 166 valence electrons. The molecule has 2 aliphatic heterocycles. The Morgan fingerprint density at radius 1 is 0.781 bits per heavy atom. The maximum Gasteiger partial charge on any atom is 0.0608 e. The molecule has 2 saturated heterocycles. The first-order valence-corrected chi connectivity index (χ1v) is 12.0. The molecule has 1 unspecified atom stereocenters. The van der Waals surface area contributed by atoms with Gasteiger partial charge in [0, 0.05) is 43.8 Å². The summed E-state index contributed by atoms with van der Waals surface area (Å²) in [6, 6.07) is 30.8. The average molecular weight is 427 g/mol. The van der Waals surface area contributed by atoms with Crippen molar-refractivity contribution in [2.75, 3.05) is 44.2 Å². The summed E-state index contributed by atoms with van der Waals surface area (Å²) in [5.74, 6) is 0. The Hall–Kier alpha value is -2.62. The van der Waals surface area contributed by atoms with E-state index >= 15 is 0 Å². The van der Waals surface area contributed by atoms with Gasteiger partial charge < -0.3 is 9.64 Å². The Bertz CT molecular complexity index is 939. The van der Waals surface area contributed by atoms with E-state index in [-0.39, 0.29) is 5.41 Å². The number of benzene rings is 3. The van der Waals surface area contributed by atoms with Gasteiger partial charge >= 0.3 is 0 Å². The standard InChI is InChI=1S/C29H34N2O/c1-24-12-14-27(15-13-24)31-20-18-30(19-21-31)17-16-28-22-29(23-32-28,25-8-4-2-5-9-25)26-10-6-3-7-11-26/h2-15,28H,16-23H2,1H3. The monoisotopic (exact) mass is 426 g/mol. The second-order valence-electron chi connectivity index (χ2n) is 9.40. The third kappa shape index (κ3) is 4.46. The molecule has 3 aromatic rings. The van der Waals surface area contributed by atoms with E-state index in [9.17, 15) is 0 Å². The normalized spacial score (nSPS) is 21.0. The molecule has 0 aromatic heterocycles. The van der Waals surface area contributed by atoms with Crippen LogP contribution in [0.15, 0.2) is 84.9 Å². The van der Waals surface area contributed by atoms with Gasteiger partial charge in [-0.15, -0.1) is 0 Å². The van der Waals surface area contributed by atoms with Gasteiger partial charge in [-0.05, 0) is 43.0 Å². The van der Waals surface area contributed by atoms with Gasteiger partial charge in [-0.25, -0.2) is 0 Å². The van der Waals surface area contributed by atoms with Gasteiger partial charge in [-0.1, -0.05) is 78.4 Å². The Labute approximate surface area is 192 Å². The molecule has 0 aliphatic carbocycles. The number of ether oxygens (including phenoxy) is 1. The number of nitrogens with zero attached hydrogens (tertiary/aromatic N) is 2. The minimum absolute atomic E-state index is 0.0304. The maximum absolute atomic E-state index is 6.43. The lowest BCUT2D eigenvalue weighted by Gasteiger charge is -2.36. The Balaban J connectivity index is 1.19. The molecule has 2 aliphatic rings. The first-order valence-electron chi connectivity index (χ1n) is 12.0. The molecule has 1 atom stereocenters. The van der Waals surface area contributed by atoms with Crippen molar-refractivity contribution in [1.29, 1.82) is 0 Å². The van der Waals surface area contributed by atoms with Gasteiger partial charge in [-0.3, -0.25) is 4.90 Å². The fourth-order valence-corrected chi connectivity index (χ4v) is 5.35. The summed E-state index contributed by atoms with van der Waals surface area (Å²) >= 11 is 0. The van der Waals surface area contributed by atoms with Crippen molar-refractivity contribution in [3.8, 4) is 0 Å². The Kier molecular flexibility index (Phi) is 6.29. The zero-order chi connectivity index (χ0) is 21.8. The molecule has 0 radical (unpaired) electrons. The molecule has 32 heavy (non-hydrogen) atoms. The highest BCUT2D eigenvalue weighted by Crippen LogP contribution is 2.43. The highest BCUT2D eigenvalue weighted by molar-refractivity contribution is 5.48. The van der Waals surface area contributed by atoms with Gasteiger partial charge in [0.15, 0.2) is 0 Å². The summed E-state index contributed by atoms with van der Waals surface area (Å²) in [5, 5.41) is 0. The third-order valence-corrected chi connectivity index (χ3v) is 7.33. The van der Waals surface area contributed by atoms with Crippen LogP contribution < -0.4 is 4.90 Å². The number of rotatable bonds is 6. The van der Waals surface area contributed by atoms with Crippen molar-refractivity contribution in [3.05, 3.63) is 102 Å². The quantitative estimate of drug-likeness (QED) is 0.533. The van der Waals surface area contributed by atoms with Crippen LogP contribution in [0.5, 0.6) is 0 Å². The Morgan fingerprint density at radius 2 is 1.38 bits per heavy atom. The molecule has 0 spiro atoms. The topological polar surface area (TPSA) is 15.7 Å². The molecule has 0 bridgehead atoms. The van der Waals surface area contributed by atoms with E-state index in [0.717, 1.165) is 52.2 Å². The van der Waals surface area contributed by atoms with Crippen LogP contribution in [0.4, 0.5) is 5.69 Å². The molecule has 0 N–H and O–H groups in total. The Morgan fingerprint density at radius 3 is 1.97 bits per heavy atom. The average Bonchev–Trinajstić information content (AvgIpc) is 3.30. The van der Waals surface area contributed by atoms with Gasteiger partial charge in [0.05, 0.1) is 12.7 Å². The van der Waals surface area contributed by atoms with E-state index in [1.54, 1.807) is 0 Å². The van der Waals surface area contributed by atoms with Crippen LogP contribution in [0.25, 0.3) is 0 Å². The minimum atomic E-state index is -0.0304. The summed E-state index contributed by atoms with van der Waals surface area (Å²) in [5.41, 5.74) is 5.40. The van der Waals surface area contributed by atoms with E-state index in [2.05, 4.69) is 102 Å². The minimum Gasteiger partial charge on any atom is -0.377 e. The summed E-state index contributed by atoms with van der Waals surface area (Å²) in [7, 11) is 0. The van der Waals surface area contributed by atoms with Gasteiger partial charge in [0.25, 0.3) is 0 Å². The zero-order valence-electron chi connectivity index (χ0n) is 19.1. The first kappa shape index (κ1) is 21.2. The van der Waals surface area contributed by atoms with Crippen LogP contribution in [-0.4, -0.2) is 50.3 Å². The molecule has 3 heteroatoms. The van der Waals surface area contributed by atoms with E-state index in [1.807, 2.05) is 0 Å². The summed E-state index contributed by atoms with van der Waals surface area (Å²) in [6.07, 6.45) is 2.47. The molecule has 3 aromatic carbocycles. The second kappa shape index (κ2) is 9.48. The lowest BCUT2D eigenvalue weighted by atomic mass is 9.73. The van der Waals surface area contributed by atoms with Crippen LogP contribution in [0.1, 0.15) is 29.5 Å². The molecule has 0 saturated carbocycles. The molecule has 2 heterocycles. The maximum atomic E-state index is 6.43. The molecular weight excluding hydrogens is 392 g/mol. The van der Waals surface area contributed by atoms with E-state index < -0.39 is 0 Å². The molecule has 2 fully saturated rings. The van der Waals surface area contributed by atoms with E-state index in [4.69, 9.17) is 4.74 Å². The number of aryl methyl sites for hydroxylation is 1. The van der Waals surface area contributed by atoms with Gasteiger partial charge in [-0.2, -0.15) is 0 Å². The van der Waals surface area contributed by atoms with Crippen LogP contribution in [0.2, 0.25) is 0 Å². The third-order valence-electron chi connectivity index (χ3n) is 7.33. The lowest BCUT2D eigenvalue weighted by Crippen LogP contribution is -2.47. The highest BCUT2D eigenvalue weighted by atomic mass is 16.5. The van der Waals surface area contributed by atoms with Crippen molar-refractivity contribution in [3.63, 3.8) is 0 Å². The van der Waals surface area contributed by atoms with Crippen LogP contribution in [-0.2, 0) is 10.2 Å². The summed E-state index contributed by atoms with van der Waals surface area (Å²) in [6.45, 7) is 8.50. The van der Waals surface area contributed by atoms with Crippen molar-refractivity contribution in [1.82, 2.24) is 4.90 Å². The zero-order valence-corrected chi connectivity index (χ0v) is 19.1. The molecular formula is C29H34N2O. The summed E-state index contributed by atoms with van der Waals surface area (Å²) in [4.78, 5) is 5.12. The van der Waals surface area contributed by atoms with Gasteiger partial charge in [0.2, 0.25) is 0 Å². The van der Waals surface area contributed by atoms with Crippen molar-refractivity contribution >= 4 is 5.69 Å². The fraction of sp³-hybridized carbons (Fsp3) is 0.379. The number of hydrogen-bond acceptors (Lipinski definition) is 3. The lowest BCUT2D eigenvalue weighted by molar-refractivity contribution is 0.0876. The SMILES string of the molecule is Cc1ccc(N2CCN(CCC3CC(c4ccccc4)(c4ccccc4)CO3)CC2)cc1. The van der Waals surface area contributed by atoms with Gasteiger partial charge in [0.1, 0.15) is 0 Å². The van der Waals surface area contributed by atoms with Crippen LogP contribution in [0.3, 0.4) is 0 Å². The predicted octanol–water partition coefficient (Wildman–Crippen LogP) is 5.28. The fourth-order valence-electron chi connectivity index (χ4n) is 5.35. The van der Waals surface area contributed by atoms with Crippen molar-refractivity contribution in [2.24, 2.45) is 0 Å². The molecule has 0 amide bonds. The number of hydrogen-bond donors (Lipinski definition) is 0. The van der Waals surface area contributed by atoms with E-state index in [0.29, 0.717) is 6.10 Å². The van der Waals surface area contributed by atoms with Crippen LogP contribution in [0, 0.1) is 6.92 Å². The molecule has 5 rings (SSSR count). The first-order chi connectivity index (χ1) is 15.7. The van der Waals surface area contributed by atoms with Crippen molar-refractivity contribution in [2.45, 2.75) is 31.3 Å². The summed E-state index contributed by atoms with van der Waals surface area (Å²) < 4.78 is 6.43. The smallest absolute Gasteiger partial charge is 0.0608 e. The largest absolute Gasteiger partial charge is 0.377 e. The van der Waals surface area contributed by atoms with E-state index in [1.165, 1.54) is 22.4 Å². The van der Waals surface area contributed by atoms with Crippen LogP contribution >= 0.6 is 0 Å². The number of piperazine rings is 1.